The van der Waals surface area contributed by atoms with Gasteiger partial charge in [-0.05, 0) is 11.6 Å². The van der Waals surface area contributed by atoms with E-state index in [0.717, 1.165) is 12.2 Å². The highest BCUT2D eigenvalue weighted by molar-refractivity contribution is 5.38. The maximum absolute atomic E-state index is 5.86. The highest BCUT2D eigenvalue weighted by Gasteiger charge is 2.22. The zero-order valence-electron chi connectivity index (χ0n) is 12.0. The van der Waals surface area contributed by atoms with Crippen molar-refractivity contribution in [2.75, 3.05) is 26.1 Å². The Labute approximate surface area is 123 Å². The van der Waals surface area contributed by atoms with Gasteiger partial charge in [0.1, 0.15) is 11.9 Å². The molecule has 0 fully saturated rings. The van der Waals surface area contributed by atoms with Crippen LogP contribution in [-0.2, 0) is 6.42 Å². The molecule has 0 spiro atoms. The van der Waals surface area contributed by atoms with Crippen molar-refractivity contribution in [1.82, 2.24) is 9.97 Å². The van der Waals surface area contributed by atoms with E-state index in [0.29, 0.717) is 24.3 Å². The molecule has 0 aliphatic carbocycles. The van der Waals surface area contributed by atoms with Crippen LogP contribution in [0.3, 0.4) is 0 Å². The number of hydrogen-bond donors (Lipinski definition) is 1. The highest BCUT2D eigenvalue weighted by atomic mass is 16.5. The molecular weight excluding hydrogens is 270 g/mol. The normalized spacial score (nSPS) is 16.0. The minimum atomic E-state index is 0.0724. The second-order valence-corrected chi connectivity index (χ2v) is 4.71. The fourth-order valence-electron chi connectivity index (χ4n) is 2.27. The number of nitrogens with one attached hydrogen (secondary N) is 1. The van der Waals surface area contributed by atoms with Crippen LogP contribution >= 0.6 is 0 Å². The number of methoxy groups -OCH3 is 2. The molecule has 2 aromatic rings. The van der Waals surface area contributed by atoms with E-state index in [2.05, 4.69) is 21.4 Å². The van der Waals surface area contributed by atoms with Crippen LogP contribution in [0, 0.1) is 0 Å². The molecule has 1 N–H and O–H groups in total. The van der Waals surface area contributed by atoms with Crippen LogP contribution in [0.4, 0.5) is 5.95 Å². The predicted molar refractivity (Wildman–Crippen MR) is 78.2 cm³/mol. The summed E-state index contributed by atoms with van der Waals surface area (Å²) in [5.74, 6) is 2.33. The first kappa shape index (κ1) is 13.5. The fourth-order valence-corrected chi connectivity index (χ4v) is 2.27. The molecule has 110 valence electrons. The molecule has 0 saturated heterocycles. The summed E-state index contributed by atoms with van der Waals surface area (Å²) in [4.78, 5) is 8.46. The summed E-state index contributed by atoms with van der Waals surface area (Å²) in [6.45, 7) is 0.616. The molecular formula is C15H17N3O3. The lowest BCUT2D eigenvalue weighted by atomic mass is 10.1. The van der Waals surface area contributed by atoms with Gasteiger partial charge in [0.2, 0.25) is 17.7 Å². The molecule has 0 amide bonds. The standard InChI is InChI=1S/C15H17N3O3/c1-19-13-8-14(20-2)18-15(17-13)16-9-11-7-10-5-3-4-6-12(10)21-11/h3-6,8,11H,7,9H2,1-2H3,(H,16,17,18). The van der Waals surface area contributed by atoms with Crippen molar-refractivity contribution in [1.29, 1.82) is 0 Å². The van der Waals surface area contributed by atoms with Crippen LogP contribution in [-0.4, -0.2) is 36.8 Å². The largest absolute Gasteiger partial charge is 0.488 e. The first-order chi connectivity index (χ1) is 10.3. The first-order valence-corrected chi connectivity index (χ1v) is 6.74. The second-order valence-electron chi connectivity index (χ2n) is 4.71. The van der Waals surface area contributed by atoms with E-state index >= 15 is 0 Å². The zero-order chi connectivity index (χ0) is 14.7. The minimum Gasteiger partial charge on any atom is -0.488 e. The summed E-state index contributed by atoms with van der Waals surface area (Å²) in [7, 11) is 3.12. The number of benzene rings is 1. The maximum atomic E-state index is 5.86. The van der Waals surface area contributed by atoms with Crippen LogP contribution in [0.1, 0.15) is 5.56 Å². The van der Waals surface area contributed by atoms with Gasteiger partial charge in [0.05, 0.1) is 26.8 Å². The monoisotopic (exact) mass is 287 g/mol. The second kappa shape index (κ2) is 5.87. The van der Waals surface area contributed by atoms with E-state index in [1.54, 1.807) is 20.3 Å². The summed E-state index contributed by atoms with van der Waals surface area (Å²) < 4.78 is 16.1. The topological polar surface area (TPSA) is 65.5 Å². The predicted octanol–water partition coefficient (Wildman–Crippen LogP) is 1.91. The third kappa shape index (κ3) is 2.99. The number of hydrogen-bond acceptors (Lipinski definition) is 6. The van der Waals surface area contributed by atoms with Crippen LogP contribution in [0.5, 0.6) is 17.5 Å². The molecule has 1 atom stereocenters. The molecule has 2 heterocycles. The molecule has 0 saturated carbocycles. The number of nitrogens with zero attached hydrogens (tertiary/aromatic N) is 2. The molecule has 6 nitrogen and oxygen atoms in total. The first-order valence-electron chi connectivity index (χ1n) is 6.74. The van der Waals surface area contributed by atoms with E-state index in [9.17, 15) is 0 Å². The minimum absolute atomic E-state index is 0.0724. The van der Waals surface area contributed by atoms with Gasteiger partial charge in [-0.3, -0.25) is 0 Å². The van der Waals surface area contributed by atoms with Crippen LogP contribution in [0.15, 0.2) is 30.3 Å². The van der Waals surface area contributed by atoms with Crippen molar-refractivity contribution in [3.8, 4) is 17.5 Å². The Bertz CT molecular complexity index is 586. The van der Waals surface area contributed by atoms with Gasteiger partial charge >= 0.3 is 0 Å². The van der Waals surface area contributed by atoms with Gasteiger partial charge in [-0.25, -0.2) is 0 Å². The number of para-hydroxylation sites is 1. The fraction of sp³-hybridized carbons (Fsp3) is 0.333. The Balaban J connectivity index is 1.64. The van der Waals surface area contributed by atoms with E-state index < -0.39 is 0 Å². The van der Waals surface area contributed by atoms with Gasteiger partial charge in [0.15, 0.2) is 0 Å². The SMILES string of the molecule is COc1cc(OC)nc(NCC2Cc3ccccc3O2)n1. The summed E-state index contributed by atoms with van der Waals surface area (Å²) in [5, 5.41) is 3.16. The molecule has 0 radical (unpaired) electrons. The Morgan fingerprint density at radius 3 is 2.57 bits per heavy atom. The third-order valence-corrected chi connectivity index (χ3v) is 3.30. The lowest BCUT2D eigenvalue weighted by Crippen LogP contribution is -2.24. The van der Waals surface area contributed by atoms with Crippen LogP contribution in [0.25, 0.3) is 0 Å². The lowest BCUT2D eigenvalue weighted by Gasteiger charge is -2.12. The van der Waals surface area contributed by atoms with Gasteiger partial charge in [-0.1, -0.05) is 18.2 Å². The number of rotatable bonds is 5. The molecule has 1 aromatic heterocycles. The van der Waals surface area contributed by atoms with Gasteiger partial charge < -0.3 is 19.5 Å². The molecule has 1 aromatic carbocycles. The average Bonchev–Trinajstić information content (AvgIpc) is 2.95. The number of aromatic nitrogens is 2. The van der Waals surface area contributed by atoms with Crippen molar-refractivity contribution in [3.63, 3.8) is 0 Å². The van der Waals surface area contributed by atoms with E-state index in [1.165, 1.54) is 5.56 Å². The molecule has 6 heteroatoms. The van der Waals surface area contributed by atoms with Gasteiger partial charge in [-0.2, -0.15) is 9.97 Å². The van der Waals surface area contributed by atoms with Crippen molar-refractivity contribution >= 4 is 5.95 Å². The van der Waals surface area contributed by atoms with Crippen molar-refractivity contribution in [2.45, 2.75) is 12.5 Å². The van der Waals surface area contributed by atoms with Crippen LogP contribution < -0.4 is 19.5 Å². The summed E-state index contributed by atoms with van der Waals surface area (Å²) in [5.41, 5.74) is 1.23. The van der Waals surface area contributed by atoms with E-state index in [-0.39, 0.29) is 6.10 Å². The molecule has 0 bridgehead atoms. The van der Waals surface area contributed by atoms with Crippen molar-refractivity contribution in [2.24, 2.45) is 0 Å². The van der Waals surface area contributed by atoms with Gasteiger partial charge in [0, 0.05) is 6.42 Å². The Kier molecular flexibility index (Phi) is 3.77. The summed E-state index contributed by atoms with van der Waals surface area (Å²) in [6.07, 6.45) is 0.952. The molecule has 21 heavy (non-hydrogen) atoms. The third-order valence-electron chi connectivity index (χ3n) is 3.30. The molecule has 3 rings (SSSR count). The van der Waals surface area contributed by atoms with Crippen molar-refractivity contribution < 1.29 is 14.2 Å². The Morgan fingerprint density at radius 1 is 1.19 bits per heavy atom. The summed E-state index contributed by atoms with van der Waals surface area (Å²) >= 11 is 0. The smallest absolute Gasteiger partial charge is 0.229 e. The molecule has 1 aliphatic rings. The highest BCUT2D eigenvalue weighted by Crippen LogP contribution is 2.28. The van der Waals surface area contributed by atoms with Crippen LogP contribution in [0.2, 0.25) is 0 Å². The van der Waals surface area contributed by atoms with Gasteiger partial charge in [0.25, 0.3) is 0 Å². The molecule has 1 unspecified atom stereocenters. The number of anilines is 1. The molecule has 1 aliphatic heterocycles. The van der Waals surface area contributed by atoms with E-state index in [4.69, 9.17) is 14.2 Å². The quantitative estimate of drug-likeness (QED) is 0.906. The Hall–Kier alpha value is -2.50. The lowest BCUT2D eigenvalue weighted by molar-refractivity contribution is 0.246. The Morgan fingerprint density at radius 2 is 1.90 bits per heavy atom. The average molecular weight is 287 g/mol. The summed E-state index contributed by atoms with van der Waals surface area (Å²) in [6, 6.07) is 9.70. The zero-order valence-corrected chi connectivity index (χ0v) is 12.0. The maximum Gasteiger partial charge on any atom is 0.229 e. The van der Waals surface area contributed by atoms with Gasteiger partial charge in [-0.15, -0.1) is 0 Å². The van der Waals surface area contributed by atoms with Crippen molar-refractivity contribution in [3.05, 3.63) is 35.9 Å². The number of ether oxygens (including phenoxy) is 3. The van der Waals surface area contributed by atoms with E-state index in [1.807, 2.05) is 18.2 Å². The number of fused-ring (bicyclic) bond motifs is 1.